The van der Waals surface area contributed by atoms with Gasteiger partial charge in [0.15, 0.2) is 0 Å². The second-order valence-corrected chi connectivity index (χ2v) is 3.60. The van der Waals surface area contributed by atoms with E-state index in [1.807, 2.05) is 14.0 Å². The highest BCUT2D eigenvalue weighted by molar-refractivity contribution is 7.90. The summed E-state index contributed by atoms with van der Waals surface area (Å²) in [4.78, 5) is 1.57. The number of amidine groups is 1. The van der Waals surface area contributed by atoms with Crippen LogP contribution in [0, 0.1) is 0 Å². The van der Waals surface area contributed by atoms with Crippen LogP contribution in [0.25, 0.3) is 0 Å². The highest BCUT2D eigenvalue weighted by Crippen LogP contribution is 1.91. The number of halogens is 1. The number of thiocarbonyl (C=S) groups is 2. The van der Waals surface area contributed by atoms with Crippen molar-refractivity contribution in [1.29, 1.82) is 0 Å². The Hall–Kier alpha value is 0.380. The molecule has 1 N–H and O–H groups in total. The molecule has 0 radical (unpaired) electrons. The number of likely N-dealkylation sites (N-methyl/N-ethyl adjacent to an activating group) is 1. The molecule has 0 fully saturated rings. The molecule has 1 aliphatic rings. The Morgan fingerprint density at radius 3 is 2.42 bits per heavy atom. The predicted octanol–water partition coefficient (Wildman–Crippen LogP) is -2.61. The molecule has 0 atom stereocenters. The van der Waals surface area contributed by atoms with Crippen molar-refractivity contribution in [2.45, 2.75) is 6.92 Å². The molecule has 68 valence electrons. The first-order valence-corrected chi connectivity index (χ1v) is 4.32. The van der Waals surface area contributed by atoms with Crippen LogP contribution in [0.15, 0.2) is 0 Å². The fraction of sp³-hybridized carbons (Fsp3) is 0.571. The van der Waals surface area contributed by atoms with Crippen LogP contribution in [0.4, 0.5) is 0 Å². The van der Waals surface area contributed by atoms with E-state index >= 15 is 0 Å². The maximum absolute atomic E-state index is 5.13. The van der Waals surface area contributed by atoms with Gasteiger partial charge >= 0.3 is 0 Å². The molecule has 0 aromatic heterocycles. The minimum Gasteiger partial charge on any atom is -1.00 e. The van der Waals surface area contributed by atoms with Gasteiger partial charge < -0.3 is 24.0 Å². The first kappa shape index (κ1) is 12.4. The number of nitrogens with zero attached hydrogens (tertiary/aromatic N) is 1. The molecule has 0 saturated carbocycles. The van der Waals surface area contributed by atoms with Gasteiger partial charge in [-0.1, -0.05) is 24.4 Å². The predicted molar refractivity (Wildman–Crippen MR) is 54.9 cm³/mol. The molecule has 1 rings (SSSR count). The Morgan fingerprint density at radius 1 is 1.50 bits per heavy atom. The molecular formula is C7H11IN2S2. The summed E-state index contributed by atoms with van der Waals surface area (Å²) in [6, 6.07) is 0. The van der Waals surface area contributed by atoms with Gasteiger partial charge in [0.05, 0.1) is 7.05 Å². The van der Waals surface area contributed by atoms with E-state index in [1.165, 1.54) is 0 Å². The van der Waals surface area contributed by atoms with Crippen molar-refractivity contribution in [3.05, 3.63) is 0 Å². The molecule has 0 amide bonds. The van der Waals surface area contributed by atoms with E-state index < -0.39 is 0 Å². The van der Waals surface area contributed by atoms with Crippen molar-refractivity contribution in [3.8, 4) is 0 Å². The van der Waals surface area contributed by atoms with E-state index in [0.717, 1.165) is 28.7 Å². The van der Waals surface area contributed by atoms with E-state index in [4.69, 9.17) is 24.4 Å². The summed E-state index contributed by atoms with van der Waals surface area (Å²) in [6.07, 6.45) is 0. The molecule has 0 spiro atoms. The van der Waals surface area contributed by atoms with Gasteiger partial charge in [-0.15, -0.1) is 0 Å². The molecule has 0 aromatic carbocycles. The van der Waals surface area contributed by atoms with Gasteiger partial charge in [-0.25, -0.2) is 0 Å². The topological polar surface area (TPSA) is 15.0 Å². The standard InChI is InChI=1S/C7H10N2S2.HI/c1-5(10)6(11)7-8-3-4-9(7)2;/h3-4H2,1-2H3;1H. The van der Waals surface area contributed by atoms with Gasteiger partial charge in [-0.2, -0.15) is 0 Å². The van der Waals surface area contributed by atoms with Crippen molar-refractivity contribution in [1.82, 2.24) is 5.32 Å². The summed E-state index contributed by atoms with van der Waals surface area (Å²) in [5.41, 5.74) is 0. The summed E-state index contributed by atoms with van der Waals surface area (Å²) in [7, 11) is 2.01. The van der Waals surface area contributed by atoms with Crippen molar-refractivity contribution in [2.24, 2.45) is 0 Å². The fourth-order valence-corrected chi connectivity index (χ4v) is 1.33. The summed E-state index contributed by atoms with van der Waals surface area (Å²) < 4.78 is 2.10. The Balaban J connectivity index is 0.00000121. The molecule has 0 aliphatic carbocycles. The maximum atomic E-state index is 5.13. The zero-order valence-corrected chi connectivity index (χ0v) is 10.8. The zero-order valence-electron chi connectivity index (χ0n) is 7.06. The van der Waals surface area contributed by atoms with Crippen molar-refractivity contribution in [2.75, 3.05) is 20.1 Å². The fourth-order valence-electron chi connectivity index (χ4n) is 1.01. The normalized spacial score (nSPS) is 15.2. The van der Waals surface area contributed by atoms with E-state index in [1.54, 1.807) is 0 Å². The molecule has 2 nitrogen and oxygen atoms in total. The van der Waals surface area contributed by atoms with E-state index in [-0.39, 0.29) is 24.0 Å². The summed E-state index contributed by atoms with van der Waals surface area (Å²) >= 11 is 10.1. The SMILES string of the molecule is CC(=S)C(=S)C1=[N+](C)CCN1.[I-]. The molecule has 0 saturated heterocycles. The molecule has 1 heterocycles. The molecular weight excluding hydrogens is 303 g/mol. The quantitative estimate of drug-likeness (QED) is 0.342. The monoisotopic (exact) mass is 314 g/mol. The number of nitrogens with one attached hydrogen (secondary N) is 1. The lowest BCUT2D eigenvalue weighted by Gasteiger charge is -1.97. The first-order chi connectivity index (χ1) is 5.13. The number of rotatable bonds is 2. The van der Waals surface area contributed by atoms with Gasteiger partial charge in [0.2, 0.25) is 0 Å². The second kappa shape index (κ2) is 5.18. The minimum atomic E-state index is 0. The van der Waals surface area contributed by atoms with Crippen LogP contribution in [0.3, 0.4) is 0 Å². The largest absolute Gasteiger partial charge is 1.00 e. The zero-order chi connectivity index (χ0) is 8.43. The third kappa shape index (κ3) is 2.70. The van der Waals surface area contributed by atoms with Gasteiger partial charge in [0.25, 0.3) is 5.84 Å². The highest BCUT2D eigenvalue weighted by Gasteiger charge is 2.22. The highest BCUT2D eigenvalue weighted by atomic mass is 127. The van der Waals surface area contributed by atoms with Crippen molar-refractivity contribution >= 4 is 40.0 Å². The molecule has 0 aromatic rings. The number of hydrogen-bond donors (Lipinski definition) is 1. The lowest BCUT2D eigenvalue weighted by atomic mass is 10.3. The van der Waals surface area contributed by atoms with Crippen LogP contribution >= 0.6 is 24.4 Å². The minimum absolute atomic E-state index is 0. The summed E-state index contributed by atoms with van der Waals surface area (Å²) in [6.45, 7) is 3.84. The van der Waals surface area contributed by atoms with Crippen LogP contribution in [-0.2, 0) is 0 Å². The van der Waals surface area contributed by atoms with Gasteiger partial charge in [-0.3, -0.25) is 9.89 Å². The summed E-state index contributed by atoms with van der Waals surface area (Å²) in [5, 5.41) is 3.20. The summed E-state index contributed by atoms with van der Waals surface area (Å²) in [5.74, 6) is 1.01. The van der Waals surface area contributed by atoms with Crippen LogP contribution < -0.4 is 29.3 Å². The van der Waals surface area contributed by atoms with Gasteiger partial charge in [0, 0.05) is 4.86 Å². The van der Waals surface area contributed by atoms with Crippen molar-refractivity contribution < 1.29 is 28.6 Å². The third-order valence-corrected chi connectivity index (χ3v) is 2.49. The van der Waals surface area contributed by atoms with Crippen LogP contribution in [-0.4, -0.2) is 40.3 Å². The van der Waals surface area contributed by atoms with Gasteiger partial charge in [0.1, 0.15) is 18.0 Å². The van der Waals surface area contributed by atoms with Crippen LogP contribution in [0.5, 0.6) is 0 Å². The lowest BCUT2D eigenvalue weighted by Crippen LogP contribution is -3.00. The van der Waals surface area contributed by atoms with Gasteiger partial charge in [-0.05, 0) is 6.92 Å². The average Bonchev–Trinajstić information content (AvgIpc) is 2.33. The molecule has 12 heavy (non-hydrogen) atoms. The third-order valence-electron chi connectivity index (χ3n) is 1.66. The second-order valence-electron chi connectivity index (χ2n) is 2.58. The Labute approximate surface area is 100 Å². The maximum Gasteiger partial charge on any atom is 0.289 e. The van der Waals surface area contributed by atoms with E-state index in [0.29, 0.717) is 0 Å². The van der Waals surface area contributed by atoms with Crippen LogP contribution in [0.2, 0.25) is 0 Å². The smallest absolute Gasteiger partial charge is 0.289 e. The molecule has 1 aliphatic heterocycles. The Kier molecular flexibility index (Phi) is 5.35. The van der Waals surface area contributed by atoms with Crippen molar-refractivity contribution in [3.63, 3.8) is 0 Å². The molecule has 0 unspecified atom stereocenters. The van der Waals surface area contributed by atoms with E-state index in [9.17, 15) is 0 Å². The first-order valence-electron chi connectivity index (χ1n) is 3.50. The average molecular weight is 314 g/mol. The number of hydrogen-bond acceptors (Lipinski definition) is 3. The molecule has 0 bridgehead atoms. The Morgan fingerprint density at radius 2 is 2.08 bits per heavy atom. The Bertz CT molecular complexity index is 248. The lowest BCUT2D eigenvalue weighted by molar-refractivity contribution is -0.484. The van der Waals surface area contributed by atoms with E-state index in [2.05, 4.69) is 9.89 Å². The van der Waals surface area contributed by atoms with Crippen LogP contribution in [0.1, 0.15) is 6.92 Å². The molecule has 5 heteroatoms.